The van der Waals surface area contributed by atoms with Crippen molar-refractivity contribution in [2.24, 2.45) is 4.99 Å². The van der Waals surface area contributed by atoms with Gasteiger partial charge in [0.2, 0.25) is 0 Å². The maximum Gasteiger partial charge on any atom is 0.177 e. The van der Waals surface area contributed by atoms with Gasteiger partial charge in [-0.15, -0.1) is 0 Å². The van der Waals surface area contributed by atoms with Crippen molar-refractivity contribution in [3.63, 3.8) is 0 Å². The zero-order valence-corrected chi connectivity index (χ0v) is 20.4. The van der Waals surface area contributed by atoms with Crippen LogP contribution in [-0.4, -0.2) is 15.9 Å². The van der Waals surface area contributed by atoms with Crippen molar-refractivity contribution in [1.29, 1.82) is 0 Å². The Morgan fingerprint density at radius 2 is 1.39 bits per heavy atom. The standard InChI is InChI=1S/C31H25ClN4/c32-26-18-16-23(17-19-26)27-20-28(24-12-6-2-7-13-24)36(21-22-10-4-1-5-11-22)31-30(33-27)29(34-35-31)25-14-8-3-9-15-25/h1-19,28H,20-21H2,(H,34,35). The van der Waals surface area contributed by atoms with Crippen LogP contribution < -0.4 is 4.90 Å². The number of aromatic nitrogens is 2. The maximum atomic E-state index is 6.23. The third kappa shape index (κ3) is 4.43. The van der Waals surface area contributed by atoms with Gasteiger partial charge in [0, 0.05) is 23.6 Å². The van der Waals surface area contributed by atoms with Crippen LogP contribution >= 0.6 is 11.6 Å². The second-order valence-corrected chi connectivity index (χ2v) is 9.38. The van der Waals surface area contributed by atoms with Gasteiger partial charge in [0.1, 0.15) is 5.69 Å². The van der Waals surface area contributed by atoms with E-state index in [9.17, 15) is 0 Å². The second kappa shape index (κ2) is 9.84. The first-order valence-electron chi connectivity index (χ1n) is 12.1. The molecule has 0 spiro atoms. The van der Waals surface area contributed by atoms with Crippen LogP contribution in [0.4, 0.5) is 11.5 Å². The van der Waals surface area contributed by atoms with E-state index in [4.69, 9.17) is 21.7 Å². The molecule has 0 saturated carbocycles. The summed E-state index contributed by atoms with van der Waals surface area (Å²) in [5, 5.41) is 8.89. The average Bonchev–Trinajstić information content (AvgIpc) is 3.28. The van der Waals surface area contributed by atoms with E-state index >= 15 is 0 Å². The second-order valence-electron chi connectivity index (χ2n) is 8.95. The third-order valence-corrected chi connectivity index (χ3v) is 6.88. The number of hydrogen-bond acceptors (Lipinski definition) is 3. The first-order chi connectivity index (χ1) is 17.8. The Bertz CT molecular complexity index is 1480. The molecular formula is C31H25ClN4. The molecule has 1 aromatic heterocycles. The van der Waals surface area contributed by atoms with Gasteiger partial charge >= 0.3 is 0 Å². The molecule has 176 valence electrons. The van der Waals surface area contributed by atoms with Crippen LogP contribution in [0.3, 0.4) is 0 Å². The summed E-state index contributed by atoms with van der Waals surface area (Å²) >= 11 is 6.23. The maximum absolute atomic E-state index is 6.23. The summed E-state index contributed by atoms with van der Waals surface area (Å²) in [6, 6.07) is 39.5. The molecule has 1 aliphatic heterocycles. The topological polar surface area (TPSA) is 44.3 Å². The van der Waals surface area contributed by atoms with Crippen LogP contribution in [0.5, 0.6) is 0 Å². The van der Waals surface area contributed by atoms with Crippen molar-refractivity contribution < 1.29 is 0 Å². The number of nitrogens with zero attached hydrogens (tertiary/aromatic N) is 3. The zero-order valence-electron chi connectivity index (χ0n) is 19.7. The van der Waals surface area contributed by atoms with E-state index in [1.165, 1.54) is 11.1 Å². The lowest BCUT2D eigenvalue weighted by Crippen LogP contribution is -2.29. The number of fused-ring (bicyclic) bond motifs is 1. The highest BCUT2D eigenvalue weighted by Crippen LogP contribution is 2.44. The van der Waals surface area contributed by atoms with Gasteiger partial charge < -0.3 is 4.90 Å². The molecule has 1 aliphatic rings. The molecule has 0 bridgehead atoms. The van der Waals surface area contributed by atoms with Crippen molar-refractivity contribution in [2.45, 2.75) is 19.0 Å². The molecule has 5 heteroatoms. The Morgan fingerprint density at radius 1 is 0.750 bits per heavy atom. The lowest BCUT2D eigenvalue weighted by molar-refractivity contribution is 0.633. The number of nitrogens with one attached hydrogen (secondary N) is 1. The largest absolute Gasteiger partial charge is 0.342 e. The molecule has 0 aliphatic carbocycles. The van der Waals surface area contributed by atoms with Gasteiger partial charge in [0.25, 0.3) is 0 Å². The molecule has 5 aromatic rings. The number of benzene rings is 4. The molecule has 0 saturated heterocycles. The molecular weight excluding hydrogens is 464 g/mol. The third-order valence-electron chi connectivity index (χ3n) is 6.62. The molecule has 36 heavy (non-hydrogen) atoms. The fraction of sp³-hybridized carbons (Fsp3) is 0.0968. The van der Waals surface area contributed by atoms with Gasteiger partial charge in [0.05, 0.1) is 17.4 Å². The quantitative estimate of drug-likeness (QED) is 0.272. The lowest BCUT2D eigenvalue weighted by atomic mass is 9.96. The molecule has 0 radical (unpaired) electrons. The average molecular weight is 489 g/mol. The number of aromatic amines is 1. The molecule has 6 rings (SSSR count). The monoisotopic (exact) mass is 488 g/mol. The Hall–Kier alpha value is -4.15. The van der Waals surface area contributed by atoms with Crippen molar-refractivity contribution in [3.05, 3.63) is 137 Å². The van der Waals surface area contributed by atoms with Gasteiger partial charge in [0.15, 0.2) is 5.82 Å². The number of halogens is 1. The van der Waals surface area contributed by atoms with E-state index in [1.54, 1.807) is 0 Å². The Labute approximate surface area is 215 Å². The summed E-state index contributed by atoms with van der Waals surface area (Å²) < 4.78 is 0. The summed E-state index contributed by atoms with van der Waals surface area (Å²) in [5.41, 5.74) is 7.37. The highest BCUT2D eigenvalue weighted by atomic mass is 35.5. The van der Waals surface area contributed by atoms with Gasteiger partial charge in [-0.1, -0.05) is 115 Å². The summed E-state index contributed by atoms with van der Waals surface area (Å²) in [7, 11) is 0. The van der Waals surface area contributed by atoms with E-state index < -0.39 is 0 Å². The van der Waals surface area contributed by atoms with Crippen molar-refractivity contribution in [2.75, 3.05) is 4.90 Å². The summed E-state index contributed by atoms with van der Waals surface area (Å²) in [6.07, 6.45) is 0.739. The highest BCUT2D eigenvalue weighted by molar-refractivity contribution is 6.30. The predicted octanol–water partition coefficient (Wildman–Crippen LogP) is 8.00. The Kier molecular flexibility index (Phi) is 6.10. The fourth-order valence-electron chi connectivity index (χ4n) is 4.82. The molecule has 1 N–H and O–H groups in total. The van der Waals surface area contributed by atoms with Crippen molar-refractivity contribution in [1.82, 2.24) is 10.2 Å². The number of rotatable bonds is 5. The smallest absolute Gasteiger partial charge is 0.177 e. The summed E-state index contributed by atoms with van der Waals surface area (Å²) in [4.78, 5) is 7.67. The predicted molar refractivity (Wildman–Crippen MR) is 148 cm³/mol. The molecule has 0 amide bonds. The molecule has 4 nitrogen and oxygen atoms in total. The first kappa shape index (κ1) is 22.3. The number of aliphatic imine (C=N–C) groups is 1. The lowest BCUT2D eigenvalue weighted by Gasteiger charge is -2.31. The molecule has 0 fully saturated rings. The number of anilines is 1. The molecule has 4 aromatic carbocycles. The first-order valence-corrected chi connectivity index (χ1v) is 12.5. The Morgan fingerprint density at radius 3 is 2.08 bits per heavy atom. The van der Waals surface area contributed by atoms with Crippen LogP contribution in [0.15, 0.2) is 120 Å². The number of hydrogen-bond donors (Lipinski definition) is 1. The van der Waals surface area contributed by atoms with Gasteiger partial charge in [-0.3, -0.25) is 5.10 Å². The summed E-state index contributed by atoms with van der Waals surface area (Å²) in [5.74, 6) is 0.857. The minimum atomic E-state index is 0.0500. The normalized spacial score (nSPS) is 15.2. The minimum absolute atomic E-state index is 0.0500. The zero-order chi connectivity index (χ0) is 24.3. The minimum Gasteiger partial charge on any atom is -0.342 e. The SMILES string of the molecule is Clc1ccc(C2=Nc3c(n[nH]c3-c3ccccc3)N(Cc3ccccc3)C(c3ccccc3)C2)cc1. The molecule has 1 atom stereocenters. The highest BCUT2D eigenvalue weighted by Gasteiger charge is 2.32. The van der Waals surface area contributed by atoms with Crippen LogP contribution in [-0.2, 0) is 6.54 Å². The number of H-pyrrole nitrogens is 1. The van der Waals surface area contributed by atoms with E-state index in [0.717, 1.165) is 47.0 Å². The van der Waals surface area contributed by atoms with Crippen LogP contribution in [0, 0.1) is 0 Å². The van der Waals surface area contributed by atoms with Gasteiger partial charge in [-0.05, 0) is 28.8 Å². The van der Waals surface area contributed by atoms with Crippen LogP contribution in [0.25, 0.3) is 11.3 Å². The van der Waals surface area contributed by atoms with E-state index in [2.05, 4.69) is 94.9 Å². The summed E-state index contributed by atoms with van der Waals surface area (Å²) in [6.45, 7) is 0.718. The Balaban J connectivity index is 1.56. The van der Waals surface area contributed by atoms with E-state index in [1.807, 2.05) is 30.3 Å². The van der Waals surface area contributed by atoms with Crippen molar-refractivity contribution >= 4 is 28.8 Å². The van der Waals surface area contributed by atoms with Crippen LogP contribution in [0.2, 0.25) is 5.02 Å². The van der Waals surface area contributed by atoms with Crippen molar-refractivity contribution in [3.8, 4) is 11.3 Å². The molecule has 2 heterocycles. The van der Waals surface area contributed by atoms with Gasteiger partial charge in [-0.25, -0.2) is 4.99 Å². The van der Waals surface area contributed by atoms with Crippen LogP contribution in [0.1, 0.15) is 29.2 Å². The molecule has 1 unspecified atom stereocenters. The van der Waals surface area contributed by atoms with Gasteiger partial charge in [-0.2, -0.15) is 5.10 Å². The fourth-order valence-corrected chi connectivity index (χ4v) is 4.95. The van der Waals surface area contributed by atoms with E-state index in [0.29, 0.717) is 5.02 Å². The van der Waals surface area contributed by atoms with E-state index in [-0.39, 0.29) is 6.04 Å².